The zero-order valence-corrected chi connectivity index (χ0v) is 16.8. The maximum Gasteiger partial charge on any atom is 0.264 e. The number of morpholine rings is 1. The summed E-state index contributed by atoms with van der Waals surface area (Å²) in [6.07, 6.45) is 0. The number of hydrogen-bond acceptors (Lipinski definition) is 7. The van der Waals surface area contributed by atoms with Crippen LogP contribution in [0.1, 0.15) is 11.5 Å². The van der Waals surface area contributed by atoms with Crippen molar-refractivity contribution in [1.29, 1.82) is 0 Å². The average molecular weight is 415 g/mol. The lowest BCUT2D eigenvalue weighted by Gasteiger charge is -2.26. The largest absolute Gasteiger partial charge is 0.484 e. The molecule has 8 nitrogen and oxygen atoms in total. The van der Waals surface area contributed by atoms with Crippen LogP contribution < -0.4 is 4.74 Å². The van der Waals surface area contributed by atoms with Gasteiger partial charge in [-0.25, -0.2) is 8.42 Å². The third-order valence-electron chi connectivity index (χ3n) is 4.54. The highest BCUT2D eigenvalue weighted by Crippen LogP contribution is 2.22. The third-order valence-corrected chi connectivity index (χ3v) is 6.45. The predicted molar refractivity (Wildman–Crippen MR) is 105 cm³/mol. The van der Waals surface area contributed by atoms with Crippen molar-refractivity contribution in [3.8, 4) is 17.1 Å². The van der Waals surface area contributed by atoms with Crippen molar-refractivity contribution in [2.24, 2.45) is 0 Å². The van der Waals surface area contributed by atoms with Crippen LogP contribution in [-0.2, 0) is 21.4 Å². The molecule has 0 N–H and O–H groups in total. The van der Waals surface area contributed by atoms with Gasteiger partial charge in [0.05, 0.1) is 18.1 Å². The summed E-state index contributed by atoms with van der Waals surface area (Å²) in [6, 6.07) is 14.1. The summed E-state index contributed by atoms with van der Waals surface area (Å²) in [5.74, 6) is 1.44. The molecule has 1 aromatic heterocycles. The Morgan fingerprint density at radius 3 is 2.59 bits per heavy atom. The van der Waals surface area contributed by atoms with Crippen LogP contribution in [0.15, 0.2) is 57.9 Å². The third kappa shape index (κ3) is 4.47. The van der Waals surface area contributed by atoms with Crippen LogP contribution in [0, 0.1) is 6.92 Å². The predicted octanol–water partition coefficient (Wildman–Crippen LogP) is 2.64. The van der Waals surface area contributed by atoms with Crippen LogP contribution in [0.5, 0.6) is 5.75 Å². The van der Waals surface area contributed by atoms with Gasteiger partial charge in [-0.1, -0.05) is 17.3 Å². The summed E-state index contributed by atoms with van der Waals surface area (Å²) in [7, 11) is -3.53. The summed E-state index contributed by atoms with van der Waals surface area (Å²) >= 11 is 0. The van der Waals surface area contributed by atoms with Crippen LogP contribution in [-0.4, -0.2) is 49.2 Å². The minimum Gasteiger partial charge on any atom is -0.484 e. The molecule has 1 saturated heterocycles. The molecule has 0 aliphatic carbocycles. The van der Waals surface area contributed by atoms with Crippen molar-refractivity contribution in [2.75, 3.05) is 26.3 Å². The molecule has 0 bridgehead atoms. The van der Waals surface area contributed by atoms with E-state index in [-0.39, 0.29) is 11.5 Å². The fourth-order valence-corrected chi connectivity index (χ4v) is 4.40. The second kappa shape index (κ2) is 8.32. The first-order valence-corrected chi connectivity index (χ1v) is 10.7. The second-order valence-corrected chi connectivity index (χ2v) is 8.60. The Morgan fingerprint density at radius 1 is 1.10 bits per heavy atom. The first kappa shape index (κ1) is 19.6. The van der Waals surface area contributed by atoms with E-state index in [9.17, 15) is 8.42 Å². The molecule has 152 valence electrons. The average Bonchev–Trinajstić information content (AvgIpc) is 3.22. The molecule has 29 heavy (non-hydrogen) atoms. The lowest BCUT2D eigenvalue weighted by Crippen LogP contribution is -2.40. The first-order valence-electron chi connectivity index (χ1n) is 9.23. The lowest BCUT2D eigenvalue weighted by atomic mass is 10.2. The molecule has 3 aromatic rings. The Hall–Kier alpha value is -2.75. The van der Waals surface area contributed by atoms with Crippen LogP contribution in [0.4, 0.5) is 0 Å². The van der Waals surface area contributed by atoms with E-state index in [0.717, 1.165) is 11.3 Å². The molecule has 1 aliphatic heterocycles. The van der Waals surface area contributed by atoms with E-state index in [1.165, 1.54) is 4.31 Å². The van der Waals surface area contributed by atoms with E-state index < -0.39 is 10.0 Å². The molecule has 4 rings (SSSR count). The molecular weight excluding hydrogens is 394 g/mol. The zero-order valence-electron chi connectivity index (χ0n) is 15.9. The van der Waals surface area contributed by atoms with Gasteiger partial charge in [0.15, 0.2) is 6.61 Å². The summed E-state index contributed by atoms with van der Waals surface area (Å²) < 4.78 is 42.9. The number of rotatable bonds is 6. The fraction of sp³-hybridized carbons (Fsp3) is 0.300. The van der Waals surface area contributed by atoms with Crippen molar-refractivity contribution < 1.29 is 22.4 Å². The SMILES string of the molecule is Cc1cccc(OCc2nc(-c3ccc(S(=O)(=O)N4CCOCC4)cc3)no2)c1. The van der Waals surface area contributed by atoms with Crippen molar-refractivity contribution >= 4 is 10.0 Å². The van der Waals surface area contributed by atoms with Gasteiger partial charge in [0, 0.05) is 18.7 Å². The highest BCUT2D eigenvalue weighted by atomic mass is 32.2. The molecule has 1 fully saturated rings. The van der Waals surface area contributed by atoms with E-state index in [0.29, 0.717) is 43.6 Å². The maximum absolute atomic E-state index is 12.7. The zero-order chi connectivity index (χ0) is 20.3. The van der Waals surface area contributed by atoms with E-state index in [1.54, 1.807) is 24.3 Å². The molecule has 0 saturated carbocycles. The number of aromatic nitrogens is 2. The fourth-order valence-electron chi connectivity index (χ4n) is 2.99. The van der Waals surface area contributed by atoms with Crippen molar-refractivity contribution in [3.63, 3.8) is 0 Å². The van der Waals surface area contributed by atoms with Gasteiger partial charge in [-0.2, -0.15) is 9.29 Å². The lowest BCUT2D eigenvalue weighted by molar-refractivity contribution is 0.0730. The monoisotopic (exact) mass is 415 g/mol. The minimum absolute atomic E-state index is 0.153. The topological polar surface area (TPSA) is 94.8 Å². The number of aryl methyl sites for hydroxylation is 1. The van der Waals surface area contributed by atoms with Crippen LogP contribution in [0.2, 0.25) is 0 Å². The van der Waals surface area contributed by atoms with Crippen molar-refractivity contribution in [1.82, 2.24) is 14.4 Å². The Morgan fingerprint density at radius 2 is 1.86 bits per heavy atom. The smallest absolute Gasteiger partial charge is 0.264 e. The van der Waals surface area contributed by atoms with E-state index >= 15 is 0 Å². The Labute approximate surface area is 169 Å². The molecule has 9 heteroatoms. The molecule has 0 radical (unpaired) electrons. The van der Waals surface area contributed by atoms with Gasteiger partial charge in [-0.3, -0.25) is 0 Å². The van der Waals surface area contributed by atoms with Crippen LogP contribution >= 0.6 is 0 Å². The molecule has 2 aromatic carbocycles. The molecule has 2 heterocycles. The van der Waals surface area contributed by atoms with Crippen LogP contribution in [0.25, 0.3) is 11.4 Å². The van der Waals surface area contributed by atoms with Gasteiger partial charge in [-0.15, -0.1) is 0 Å². The highest BCUT2D eigenvalue weighted by molar-refractivity contribution is 7.89. The van der Waals surface area contributed by atoms with Crippen LogP contribution in [0.3, 0.4) is 0 Å². The van der Waals surface area contributed by atoms with Gasteiger partial charge in [-0.05, 0) is 48.9 Å². The van der Waals surface area contributed by atoms with Gasteiger partial charge >= 0.3 is 0 Å². The molecule has 0 unspecified atom stereocenters. The number of ether oxygens (including phenoxy) is 2. The van der Waals surface area contributed by atoms with E-state index in [4.69, 9.17) is 14.0 Å². The maximum atomic E-state index is 12.7. The Bertz CT molecular complexity index is 1070. The molecule has 1 aliphatic rings. The van der Waals surface area contributed by atoms with Gasteiger partial charge < -0.3 is 14.0 Å². The summed E-state index contributed by atoms with van der Waals surface area (Å²) in [4.78, 5) is 4.55. The van der Waals surface area contributed by atoms with E-state index in [1.807, 2.05) is 31.2 Å². The van der Waals surface area contributed by atoms with E-state index in [2.05, 4.69) is 10.1 Å². The van der Waals surface area contributed by atoms with Gasteiger partial charge in [0.25, 0.3) is 5.89 Å². The molecule has 0 atom stereocenters. The minimum atomic E-state index is -3.53. The summed E-state index contributed by atoms with van der Waals surface area (Å²) in [6.45, 7) is 3.68. The number of sulfonamides is 1. The Kier molecular flexibility index (Phi) is 5.61. The normalized spacial score (nSPS) is 15.3. The second-order valence-electron chi connectivity index (χ2n) is 6.66. The Balaban J connectivity index is 1.44. The van der Waals surface area contributed by atoms with Crippen molar-refractivity contribution in [3.05, 3.63) is 60.0 Å². The number of nitrogens with zero attached hydrogens (tertiary/aromatic N) is 3. The van der Waals surface area contributed by atoms with Gasteiger partial charge in [0.2, 0.25) is 15.8 Å². The highest BCUT2D eigenvalue weighted by Gasteiger charge is 2.26. The summed E-state index contributed by atoms with van der Waals surface area (Å²) in [5, 5.41) is 3.96. The molecular formula is C20H21N3O5S. The number of benzene rings is 2. The first-order chi connectivity index (χ1) is 14.0. The summed E-state index contributed by atoms with van der Waals surface area (Å²) in [5.41, 5.74) is 1.76. The molecule has 0 spiro atoms. The van der Waals surface area contributed by atoms with Crippen molar-refractivity contribution in [2.45, 2.75) is 18.4 Å². The number of hydrogen-bond donors (Lipinski definition) is 0. The standard InChI is InChI=1S/C20H21N3O5S/c1-15-3-2-4-17(13-15)27-14-19-21-20(22-28-19)16-5-7-18(8-6-16)29(24,25)23-9-11-26-12-10-23/h2-8,13H,9-12,14H2,1H3. The van der Waals surface area contributed by atoms with Gasteiger partial charge in [0.1, 0.15) is 5.75 Å². The molecule has 0 amide bonds. The quantitative estimate of drug-likeness (QED) is 0.611.